The first-order valence-corrected chi connectivity index (χ1v) is 9.95. The van der Waals surface area contributed by atoms with Crippen molar-refractivity contribution < 1.29 is 13.2 Å². The molecule has 0 spiro atoms. The fourth-order valence-corrected chi connectivity index (χ4v) is 3.94. The third kappa shape index (κ3) is 3.99. The molecule has 2 saturated heterocycles. The predicted molar refractivity (Wildman–Crippen MR) is 87.9 cm³/mol. The minimum absolute atomic E-state index is 0.314. The number of rotatable bonds is 3. The molecule has 1 aromatic rings. The molecule has 7 nitrogen and oxygen atoms in total. The summed E-state index contributed by atoms with van der Waals surface area (Å²) in [5.41, 5.74) is 0.770. The maximum Gasteiger partial charge on any atom is 0.211 e. The minimum Gasteiger partial charge on any atom is -0.369 e. The largest absolute Gasteiger partial charge is 0.369 e. The molecule has 2 aliphatic heterocycles. The topological polar surface area (TPSA) is 75.6 Å². The van der Waals surface area contributed by atoms with Crippen molar-refractivity contribution in [2.24, 2.45) is 0 Å². The fourth-order valence-electron chi connectivity index (χ4n) is 3.13. The number of hydrogen-bond donors (Lipinski definition) is 0. The Morgan fingerprint density at radius 2 is 1.91 bits per heavy atom. The second-order valence-electron chi connectivity index (χ2n) is 6.23. The highest BCUT2D eigenvalue weighted by atomic mass is 32.2. The highest BCUT2D eigenvalue weighted by Crippen LogP contribution is 2.26. The van der Waals surface area contributed by atoms with Gasteiger partial charge in [-0.25, -0.2) is 18.4 Å². The van der Waals surface area contributed by atoms with E-state index < -0.39 is 10.0 Å². The summed E-state index contributed by atoms with van der Waals surface area (Å²) in [4.78, 5) is 11.3. The van der Waals surface area contributed by atoms with E-state index in [0.717, 1.165) is 24.6 Å². The summed E-state index contributed by atoms with van der Waals surface area (Å²) < 4.78 is 30.8. The van der Waals surface area contributed by atoms with E-state index in [1.165, 1.54) is 29.8 Å². The molecule has 1 aromatic heterocycles. The highest BCUT2D eigenvalue weighted by molar-refractivity contribution is 7.88. The third-order valence-electron chi connectivity index (χ3n) is 4.35. The van der Waals surface area contributed by atoms with E-state index in [-0.39, 0.29) is 6.10 Å². The Bertz CT molecular complexity index is 659. The van der Waals surface area contributed by atoms with Gasteiger partial charge in [-0.05, 0) is 26.2 Å². The van der Waals surface area contributed by atoms with Crippen LogP contribution in [0.1, 0.15) is 36.9 Å². The zero-order valence-corrected chi connectivity index (χ0v) is 14.5. The average molecular weight is 340 g/mol. The first-order chi connectivity index (χ1) is 10.9. The first kappa shape index (κ1) is 16.6. The Morgan fingerprint density at radius 3 is 2.61 bits per heavy atom. The number of aryl methyl sites for hydroxylation is 1. The smallest absolute Gasteiger partial charge is 0.211 e. The van der Waals surface area contributed by atoms with Gasteiger partial charge in [-0.15, -0.1) is 0 Å². The standard InChI is InChI=1S/C15H24N4O3S/c1-12-16-13(10-15(17-12)18-6-4-3-5-7-18)14-11-19(8-9-22-14)23(2,20)21/h10,14H,3-9,11H2,1-2H3. The third-order valence-corrected chi connectivity index (χ3v) is 5.62. The zero-order chi connectivity index (χ0) is 16.4. The lowest BCUT2D eigenvalue weighted by atomic mass is 10.1. The SMILES string of the molecule is Cc1nc(C2CN(S(C)(=O)=O)CCO2)cc(N2CCCCC2)n1. The van der Waals surface area contributed by atoms with E-state index in [1.807, 2.05) is 13.0 Å². The fraction of sp³-hybridized carbons (Fsp3) is 0.733. The minimum atomic E-state index is -3.21. The Hall–Kier alpha value is -1.25. The van der Waals surface area contributed by atoms with Crippen LogP contribution in [0.3, 0.4) is 0 Å². The maximum atomic E-state index is 11.8. The molecule has 8 heteroatoms. The lowest BCUT2D eigenvalue weighted by molar-refractivity contribution is -0.00486. The summed E-state index contributed by atoms with van der Waals surface area (Å²) in [5.74, 6) is 1.62. The number of aromatic nitrogens is 2. The molecule has 0 amide bonds. The molecular formula is C15H24N4O3S. The van der Waals surface area contributed by atoms with Crippen LogP contribution in [0.4, 0.5) is 5.82 Å². The van der Waals surface area contributed by atoms with Gasteiger partial charge in [-0.2, -0.15) is 4.31 Å². The molecule has 0 saturated carbocycles. The monoisotopic (exact) mass is 340 g/mol. The summed E-state index contributed by atoms with van der Waals surface area (Å²) in [6.45, 7) is 4.99. The van der Waals surface area contributed by atoms with Crippen molar-refractivity contribution in [2.45, 2.75) is 32.3 Å². The molecule has 0 aliphatic carbocycles. The number of piperidine rings is 1. The summed E-state index contributed by atoms with van der Waals surface area (Å²) in [5, 5.41) is 0. The summed E-state index contributed by atoms with van der Waals surface area (Å²) in [6.07, 6.45) is 4.53. The second-order valence-corrected chi connectivity index (χ2v) is 8.21. The van der Waals surface area contributed by atoms with E-state index in [2.05, 4.69) is 14.9 Å². The van der Waals surface area contributed by atoms with Crippen molar-refractivity contribution in [3.8, 4) is 0 Å². The first-order valence-electron chi connectivity index (χ1n) is 8.11. The molecule has 128 valence electrons. The van der Waals surface area contributed by atoms with Gasteiger partial charge >= 0.3 is 0 Å². The van der Waals surface area contributed by atoms with Crippen LogP contribution in [0.2, 0.25) is 0 Å². The van der Waals surface area contributed by atoms with Gasteiger partial charge in [-0.3, -0.25) is 0 Å². The lowest BCUT2D eigenvalue weighted by Crippen LogP contribution is -2.42. The van der Waals surface area contributed by atoms with E-state index in [9.17, 15) is 8.42 Å². The van der Waals surface area contributed by atoms with Crippen molar-refractivity contribution in [1.29, 1.82) is 0 Å². The van der Waals surface area contributed by atoms with E-state index in [4.69, 9.17) is 4.74 Å². The Balaban J connectivity index is 1.83. The average Bonchev–Trinajstić information content (AvgIpc) is 2.54. The molecule has 3 rings (SSSR count). The molecule has 2 fully saturated rings. The van der Waals surface area contributed by atoms with Crippen LogP contribution in [0.15, 0.2) is 6.07 Å². The summed E-state index contributed by atoms with van der Waals surface area (Å²) in [7, 11) is -3.21. The zero-order valence-electron chi connectivity index (χ0n) is 13.7. The number of anilines is 1. The highest BCUT2D eigenvalue weighted by Gasteiger charge is 2.29. The summed E-state index contributed by atoms with van der Waals surface area (Å²) in [6, 6.07) is 1.95. The van der Waals surface area contributed by atoms with Gasteiger partial charge in [-0.1, -0.05) is 0 Å². The van der Waals surface area contributed by atoms with Crippen LogP contribution in [0.25, 0.3) is 0 Å². The van der Waals surface area contributed by atoms with E-state index in [0.29, 0.717) is 25.5 Å². The van der Waals surface area contributed by atoms with Gasteiger partial charge < -0.3 is 9.64 Å². The molecule has 0 radical (unpaired) electrons. The molecule has 2 aliphatic rings. The van der Waals surface area contributed by atoms with Crippen molar-refractivity contribution in [1.82, 2.24) is 14.3 Å². The second kappa shape index (κ2) is 6.70. The Labute approximate surface area is 137 Å². The molecule has 23 heavy (non-hydrogen) atoms. The van der Waals surface area contributed by atoms with Gasteiger partial charge in [0.25, 0.3) is 0 Å². The number of morpholine rings is 1. The normalized spacial score (nSPS) is 23.9. The van der Waals surface area contributed by atoms with Gasteiger partial charge in [0.15, 0.2) is 0 Å². The van der Waals surface area contributed by atoms with Crippen LogP contribution in [-0.2, 0) is 14.8 Å². The number of nitrogens with zero attached hydrogens (tertiary/aromatic N) is 4. The van der Waals surface area contributed by atoms with Crippen LogP contribution >= 0.6 is 0 Å². The lowest BCUT2D eigenvalue weighted by Gasteiger charge is -2.32. The van der Waals surface area contributed by atoms with Crippen molar-refractivity contribution in [2.75, 3.05) is 43.9 Å². The number of ether oxygens (including phenoxy) is 1. The molecule has 0 bridgehead atoms. The van der Waals surface area contributed by atoms with Gasteiger partial charge in [0, 0.05) is 32.2 Å². The van der Waals surface area contributed by atoms with Crippen molar-refractivity contribution in [3.05, 3.63) is 17.6 Å². The van der Waals surface area contributed by atoms with Crippen molar-refractivity contribution >= 4 is 15.8 Å². The molecule has 1 unspecified atom stereocenters. The molecular weight excluding hydrogens is 316 g/mol. The number of hydrogen-bond acceptors (Lipinski definition) is 6. The molecule has 3 heterocycles. The van der Waals surface area contributed by atoms with Crippen LogP contribution in [0.5, 0.6) is 0 Å². The predicted octanol–water partition coefficient (Wildman–Crippen LogP) is 1.11. The van der Waals surface area contributed by atoms with E-state index >= 15 is 0 Å². The molecule has 0 aromatic carbocycles. The summed E-state index contributed by atoms with van der Waals surface area (Å²) >= 11 is 0. The van der Waals surface area contributed by atoms with Crippen molar-refractivity contribution in [3.63, 3.8) is 0 Å². The Kier molecular flexibility index (Phi) is 4.84. The van der Waals surface area contributed by atoms with Crippen LogP contribution in [0, 0.1) is 6.92 Å². The number of sulfonamides is 1. The maximum absolute atomic E-state index is 11.8. The molecule has 1 atom stereocenters. The van der Waals surface area contributed by atoms with Crippen LogP contribution < -0.4 is 4.90 Å². The Morgan fingerprint density at radius 1 is 1.17 bits per heavy atom. The molecule has 0 N–H and O–H groups in total. The van der Waals surface area contributed by atoms with Crippen LogP contribution in [-0.4, -0.2) is 61.7 Å². The van der Waals surface area contributed by atoms with Gasteiger partial charge in [0.05, 0.1) is 18.6 Å². The van der Waals surface area contributed by atoms with Gasteiger partial charge in [0.2, 0.25) is 10.0 Å². The van der Waals surface area contributed by atoms with E-state index in [1.54, 1.807) is 0 Å². The quantitative estimate of drug-likeness (QED) is 0.820. The van der Waals surface area contributed by atoms with Gasteiger partial charge in [0.1, 0.15) is 17.7 Å².